The summed E-state index contributed by atoms with van der Waals surface area (Å²) in [6.07, 6.45) is 0. The van der Waals surface area contributed by atoms with E-state index in [-0.39, 0.29) is 5.41 Å². The quantitative estimate of drug-likeness (QED) is 0.167. The second kappa shape index (κ2) is 14.6. The van der Waals surface area contributed by atoms with Crippen LogP contribution < -0.4 is 9.47 Å². The van der Waals surface area contributed by atoms with Crippen molar-refractivity contribution in [2.24, 2.45) is 0 Å². The Morgan fingerprint density at radius 3 is 1.64 bits per heavy atom. The zero-order valence-electron chi connectivity index (χ0n) is 36.5. The molecule has 3 aliphatic rings. The summed E-state index contributed by atoms with van der Waals surface area (Å²) in [5, 5.41) is 0. The van der Waals surface area contributed by atoms with Gasteiger partial charge in [-0.15, -0.1) is 0 Å². The molecule has 0 unspecified atom stereocenters. The van der Waals surface area contributed by atoms with Gasteiger partial charge < -0.3 is 9.47 Å². The van der Waals surface area contributed by atoms with Crippen LogP contribution in [0.3, 0.4) is 0 Å². The van der Waals surface area contributed by atoms with E-state index < -0.39 is 5.41 Å². The third kappa shape index (κ3) is 5.64. The van der Waals surface area contributed by atoms with E-state index >= 15 is 0 Å². The van der Waals surface area contributed by atoms with Gasteiger partial charge in [0.25, 0.3) is 0 Å². The van der Waals surface area contributed by atoms with Gasteiger partial charge in [0.15, 0.2) is 28.8 Å². The monoisotopic (exact) mass is 846 g/mol. The van der Waals surface area contributed by atoms with E-state index in [1.807, 2.05) is 18.2 Å². The van der Waals surface area contributed by atoms with Gasteiger partial charge in [-0.25, -0.2) is 9.97 Å². The molecule has 0 bridgehead atoms. The number of fused-ring (bicyclic) bond motifs is 9. The summed E-state index contributed by atoms with van der Waals surface area (Å²) in [5.41, 5.74) is 18.3. The first-order chi connectivity index (χ1) is 32.5. The normalized spacial score (nSPS) is 14.1. The molecule has 2 aliphatic carbocycles. The van der Waals surface area contributed by atoms with Crippen LogP contribution in [0.1, 0.15) is 47.2 Å². The number of hydrogen-bond donors (Lipinski definition) is 0. The topological polar surface area (TPSA) is 44.2 Å². The van der Waals surface area contributed by atoms with Crippen molar-refractivity contribution >= 4 is 0 Å². The number of hydrogen-bond acceptors (Lipinski definition) is 4. The fourth-order valence-corrected chi connectivity index (χ4v) is 11.0. The largest absolute Gasteiger partial charge is 0.449 e. The van der Waals surface area contributed by atoms with Gasteiger partial charge >= 0.3 is 0 Å². The first-order valence-electron chi connectivity index (χ1n) is 22.6. The van der Waals surface area contributed by atoms with Crippen molar-refractivity contribution < 1.29 is 9.47 Å². The van der Waals surface area contributed by atoms with Crippen LogP contribution in [0, 0.1) is 0 Å². The highest BCUT2D eigenvalue weighted by Gasteiger charge is 2.48. The predicted molar refractivity (Wildman–Crippen MR) is 265 cm³/mol. The summed E-state index contributed by atoms with van der Waals surface area (Å²) in [5.74, 6) is 3.45. The maximum atomic E-state index is 7.19. The molecule has 1 aliphatic heterocycles. The number of nitrogens with zero attached hydrogens (tertiary/aromatic N) is 2. The summed E-state index contributed by atoms with van der Waals surface area (Å²) in [7, 11) is 0. The Morgan fingerprint density at radius 2 is 0.909 bits per heavy atom. The molecule has 0 amide bonds. The van der Waals surface area contributed by atoms with E-state index in [2.05, 4.69) is 214 Å². The fourth-order valence-electron chi connectivity index (χ4n) is 11.0. The van der Waals surface area contributed by atoms with Gasteiger partial charge in [0.1, 0.15) is 0 Å². The van der Waals surface area contributed by atoms with Crippen LogP contribution >= 0.6 is 0 Å². The zero-order valence-corrected chi connectivity index (χ0v) is 36.5. The molecular formula is C62H42N2O2. The molecule has 0 fully saturated rings. The molecule has 0 saturated heterocycles. The Labute approximate surface area is 384 Å². The minimum atomic E-state index is -0.550. The number of benzene rings is 9. The van der Waals surface area contributed by atoms with Gasteiger partial charge in [-0.2, -0.15) is 0 Å². The molecule has 312 valence electrons. The fraction of sp³-hybridized carbons (Fsp3) is 0.0645. The van der Waals surface area contributed by atoms with Gasteiger partial charge in [0.05, 0.1) is 16.8 Å². The van der Waals surface area contributed by atoms with Crippen LogP contribution in [-0.4, -0.2) is 9.97 Å². The molecule has 0 saturated carbocycles. The molecule has 13 rings (SSSR count). The van der Waals surface area contributed by atoms with Crippen molar-refractivity contribution in [2.45, 2.75) is 24.7 Å². The Morgan fingerprint density at radius 1 is 0.348 bits per heavy atom. The number of rotatable bonds is 6. The molecule has 4 heteroatoms. The third-order valence-electron chi connectivity index (χ3n) is 14.1. The molecule has 9 aromatic carbocycles. The van der Waals surface area contributed by atoms with E-state index in [9.17, 15) is 0 Å². The van der Waals surface area contributed by atoms with Crippen molar-refractivity contribution in [2.75, 3.05) is 0 Å². The lowest BCUT2D eigenvalue weighted by Crippen LogP contribution is -2.28. The summed E-state index contributed by atoms with van der Waals surface area (Å²) in [6, 6.07) is 77.4. The highest BCUT2D eigenvalue weighted by atomic mass is 16.6. The van der Waals surface area contributed by atoms with Crippen molar-refractivity contribution in [3.8, 4) is 90.3 Å². The molecule has 0 radical (unpaired) electrons. The first kappa shape index (κ1) is 38.1. The van der Waals surface area contributed by atoms with Crippen LogP contribution in [0.15, 0.2) is 218 Å². The Bertz CT molecular complexity index is 3500. The standard InChI is InChI=1S/C62H42N2O2/c1-61(2)49-26-14-12-23-46(49)47-34-33-42(37-52(47)61)54-38-53(40-17-6-3-7-18-40)63-60(64-54)41-31-29-39(30-32-41)45-25-16-28-55-58(45)66-59-56(65-55)36-35-51-57(59)48-24-13-15-27-50(48)62(51,43-19-8-4-9-20-43)44-21-10-5-11-22-44/h3-38H,1-2H3. The van der Waals surface area contributed by atoms with Gasteiger partial charge in [-0.05, 0) is 79.9 Å². The molecule has 1 aromatic heterocycles. The van der Waals surface area contributed by atoms with Crippen molar-refractivity contribution in [1.82, 2.24) is 9.97 Å². The van der Waals surface area contributed by atoms with Gasteiger partial charge in [-0.3, -0.25) is 0 Å². The Kier molecular flexibility index (Phi) is 8.44. The maximum Gasteiger partial charge on any atom is 0.178 e. The van der Waals surface area contributed by atoms with Crippen LogP contribution in [-0.2, 0) is 10.8 Å². The van der Waals surface area contributed by atoms with Crippen molar-refractivity contribution in [3.63, 3.8) is 0 Å². The van der Waals surface area contributed by atoms with Crippen LogP contribution in [0.2, 0.25) is 0 Å². The van der Waals surface area contributed by atoms with E-state index in [0.29, 0.717) is 23.1 Å². The van der Waals surface area contributed by atoms with Gasteiger partial charge in [0.2, 0.25) is 0 Å². The minimum absolute atomic E-state index is 0.122. The van der Waals surface area contributed by atoms with Gasteiger partial charge in [-0.1, -0.05) is 208 Å². The minimum Gasteiger partial charge on any atom is -0.449 e. The lowest BCUT2D eigenvalue weighted by Gasteiger charge is -2.34. The lowest BCUT2D eigenvalue weighted by atomic mass is 9.68. The van der Waals surface area contributed by atoms with E-state index in [1.165, 1.54) is 44.5 Å². The highest BCUT2D eigenvalue weighted by Crippen LogP contribution is 2.63. The molecule has 0 spiro atoms. The van der Waals surface area contributed by atoms with Crippen LogP contribution in [0.25, 0.3) is 67.3 Å². The first-order valence-corrected chi connectivity index (χ1v) is 22.6. The van der Waals surface area contributed by atoms with Crippen molar-refractivity contribution in [3.05, 3.63) is 252 Å². The summed E-state index contributed by atoms with van der Waals surface area (Å²) >= 11 is 0. The second-order valence-electron chi connectivity index (χ2n) is 18.0. The number of para-hydroxylation sites is 1. The van der Waals surface area contributed by atoms with E-state index in [4.69, 9.17) is 19.4 Å². The van der Waals surface area contributed by atoms with E-state index in [0.717, 1.165) is 56.1 Å². The number of aromatic nitrogens is 2. The SMILES string of the molecule is CC1(C)c2ccccc2-c2ccc(-c3cc(-c4ccccc4)nc(-c4ccc(-c5cccc6c5Oc5c(ccc7c5-c5ccccc5C7(c5ccccc5)c5ccccc5)O6)cc4)n3)cc21. The highest BCUT2D eigenvalue weighted by molar-refractivity contribution is 5.93. The zero-order chi connectivity index (χ0) is 44.0. The van der Waals surface area contributed by atoms with E-state index in [1.54, 1.807) is 0 Å². The van der Waals surface area contributed by atoms with Gasteiger partial charge in [0, 0.05) is 33.2 Å². The predicted octanol–water partition coefficient (Wildman–Crippen LogP) is 15.7. The Balaban J connectivity index is 0.898. The molecule has 66 heavy (non-hydrogen) atoms. The molecular weight excluding hydrogens is 805 g/mol. The molecule has 2 heterocycles. The average Bonchev–Trinajstić information content (AvgIpc) is 3.82. The Hall–Kier alpha value is -8.34. The lowest BCUT2D eigenvalue weighted by molar-refractivity contribution is 0.361. The van der Waals surface area contributed by atoms with Crippen molar-refractivity contribution in [1.29, 1.82) is 0 Å². The third-order valence-corrected chi connectivity index (χ3v) is 14.1. The molecule has 10 aromatic rings. The van der Waals surface area contributed by atoms with Crippen LogP contribution in [0.5, 0.6) is 23.0 Å². The molecule has 0 atom stereocenters. The maximum absolute atomic E-state index is 7.19. The molecule has 4 nitrogen and oxygen atoms in total. The summed E-state index contributed by atoms with van der Waals surface area (Å²) in [6.45, 7) is 4.63. The number of ether oxygens (including phenoxy) is 2. The second-order valence-corrected chi connectivity index (χ2v) is 18.0. The van der Waals surface area contributed by atoms with Crippen LogP contribution in [0.4, 0.5) is 0 Å². The summed E-state index contributed by atoms with van der Waals surface area (Å²) in [4.78, 5) is 10.5. The average molecular weight is 847 g/mol. The smallest absolute Gasteiger partial charge is 0.178 e. The summed E-state index contributed by atoms with van der Waals surface area (Å²) < 4.78 is 14.0. The molecule has 0 N–H and O–H groups in total.